The number of benzene rings is 2. The fourth-order valence-electron chi connectivity index (χ4n) is 2.40. The first-order valence-corrected chi connectivity index (χ1v) is 7.42. The van der Waals surface area contributed by atoms with Crippen molar-refractivity contribution in [1.29, 1.82) is 0 Å². The topological polar surface area (TPSA) is 21.3 Å². The molecule has 0 spiro atoms. The van der Waals surface area contributed by atoms with Crippen LogP contribution in [0.5, 0.6) is 11.5 Å². The Balaban J connectivity index is 2.34. The maximum atomic E-state index is 14.1. The minimum absolute atomic E-state index is 0.207. The summed E-state index contributed by atoms with van der Waals surface area (Å²) in [6, 6.07) is 13.2. The van der Waals surface area contributed by atoms with Crippen molar-refractivity contribution in [3.8, 4) is 11.5 Å². The van der Waals surface area contributed by atoms with Gasteiger partial charge in [-0.3, -0.25) is 0 Å². The van der Waals surface area contributed by atoms with E-state index in [0.717, 1.165) is 18.5 Å². The number of nitrogens with one attached hydrogen (secondary N) is 1. The molecule has 21 heavy (non-hydrogen) atoms. The van der Waals surface area contributed by atoms with Crippen LogP contribution < -0.4 is 10.1 Å². The molecule has 3 heteroatoms. The zero-order valence-electron chi connectivity index (χ0n) is 12.8. The Morgan fingerprint density at radius 3 is 2.48 bits per heavy atom. The molecule has 1 atom stereocenters. The standard InChI is InChI=1S/C18H22FNO/c1-4-15(20-5-2)14-10-6-7-11-16(14)21-17-12-8-9-13(3)18(17)19/h6-12,15,20H,4-5H2,1-3H3. The van der Waals surface area contributed by atoms with Crippen molar-refractivity contribution in [2.24, 2.45) is 0 Å². The Kier molecular flexibility index (Phi) is 5.34. The number of hydrogen-bond acceptors (Lipinski definition) is 2. The molecule has 0 fully saturated rings. The second-order valence-corrected chi connectivity index (χ2v) is 5.05. The molecule has 0 radical (unpaired) electrons. The summed E-state index contributed by atoms with van der Waals surface area (Å²) in [4.78, 5) is 0. The molecule has 0 aromatic heterocycles. The normalized spacial score (nSPS) is 12.2. The molecule has 112 valence electrons. The van der Waals surface area contributed by atoms with Gasteiger partial charge in [-0.1, -0.05) is 44.2 Å². The molecule has 2 rings (SSSR count). The highest BCUT2D eigenvalue weighted by Crippen LogP contribution is 2.32. The van der Waals surface area contributed by atoms with Gasteiger partial charge in [0, 0.05) is 11.6 Å². The highest BCUT2D eigenvalue weighted by Gasteiger charge is 2.15. The van der Waals surface area contributed by atoms with Crippen molar-refractivity contribution < 1.29 is 9.13 Å². The van der Waals surface area contributed by atoms with Crippen molar-refractivity contribution >= 4 is 0 Å². The lowest BCUT2D eigenvalue weighted by atomic mass is 10.0. The molecule has 1 N–H and O–H groups in total. The average Bonchev–Trinajstić information content (AvgIpc) is 2.50. The summed E-state index contributed by atoms with van der Waals surface area (Å²) in [6.07, 6.45) is 0.949. The summed E-state index contributed by atoms with van der Waals surface area (Å²) in [5.74, 6) is 0.674. The monoisotopic (exact) mass is 287 g/mol. The van der Waals surface area contributed by atoms with Crippen LogP contribution in [0.25, 0.3) is 0 Å². The highest BCUT2D eigenvalue weighted by atomic mass is 19.1. The van der Waals surface area contributed by atoms with Crippen LogP contribution >= 0.6 is 0 Å². The van der Waals surface area contributed by atoms with E-state index in [-0.39, 0.29) is 17.6 Å². The van der Waals surface area contributed by atoms with Gasteiger partial charge in [-0.25, -0.2) is 4.39 Å². The quantitative estimate of drug-likeness (QED) is 0.808. The molecule has 2 aromatic rings. The van der Waals surface area contributed by atoms with Crippen LogP contribution in [0.2, 0.25) is 0 Å². The maximum Gasteiger partial charge on any atom is 0.168 e. The second-order valence-electron chi connectivity index (χ2n) is 5.05. The third-order valence-corrected chi connectivity index (χ3v) is 3.53. The van der Waals surface area contributed by atoms with Crippen LogP contribution in [0.4, 0.5) is 4.39 Å². The van der Waals surface area contributed by atoms with E-state index < -0.39 is 0 Å². The lowest BCUT2D eigenvalue weighted by molar-refractivity contribution is 0.423. The summed E-state index contributed by atoms with van der Waals surface area (Å²) in [5, 5.41) is 3.43. The summed E-state index contributed by atoms with van der Waals surface area (Å²) in [7, 11) is 0. The third-order valence-electron chi connectivity index (χ3n) is 3.53. The molecular formula is C18H22FNO. The van der Waals surface area contributed by atoms with Gasteiger partial charge >= 0.3 is 0 Å². The lowest BCUT2D eigenvalue weighted by Gasteiger charge is -2.20. The predicted octanol–water partition coefficient (Wildman–Crippen LogP) is 4.99. The highest BCUT2D eigenvalue weighted by molar-refractivity contribution is 5.41. The molecule has 0 aliphatic heterocycles. The number of ether oxygens (including phenoxy) is 1. The van der Waals surface area contributed by atoms with Gasteiger partial charge in [0.25, 0.3) is 0 Å². The van der Waals surface area contributed by atoms with Crippen molar-refractivity contribution in [2.75, 3.05) is 6.54 Å². The Bertz CT molecular complexity index is 598. The number of aryl methyl sites for hydroxylation is 1. The number of hydrogen-bond donors (Lipinski definition) is 1. The van der Waals surface area contributed by atoms with E-state index in [1.165, 1.54) is 0 Å². The molecule has 0 heterocycles. The zero-order valence-corrected chi connectivity index (χ0v) is 12.8. The molecule has 0 aliphatic carbocycles. The summed E-state index contributed by atoms with van der Waals surface area (Å²) in [5.41, 5.74) is 1.64. The van der Waals surface area contributed by atoms with Gasteiger partial charge in [-0.2, -0.15) is 0 Å². The molecule has 0 saturated carbocycles. The second kappa shape index (κ2) is 7.23. The molecule has 2 aromatic carbocycles. The Hall–Kier alpha value is -1.87. The van der Waals surface area contributed by atoms with E-state index in [9.17, 15) is 4.39 Å². The van der Waals surface area contributed by atoms with Gasteiger partial charge in [0.05, 0.1) is 0 Å². The van der Waals surface area contributed by atoms with E-state index in [4.69, 9.17) is 4.74 Å². The minimum Gasteiger partial charge on any atom is -0.454 e. The molecule has 0 bridgehead atoms. The van der Waals surface area contributed by atoms with Crippen LogP contribution in [-0.4, -0.2) is 6.54 Å². The molecular weight excluding hydrogens is 265 g/mol. The summed E-state index contributed by atoms with van der Waals surface area (Å²) < 4.78 is 19.9. The van der Waals surface area contributed by atoms with Crippen LogP contribution in [0, 0.1) is 12.7 Å². The first-order valence-electron chi connectivity index (χ1n) is 7.42. The van der Waals surface area contributed by atoms with Crippen molar-refractivity contribution in [2.45, 2.75) is 33.2 Å². The fourth-order valence-corrected chi connectivity index (χ4v) is 2.40. The van der Waals surface area contributed by atoms with Gasteiger partial charge in [0.15, 0.2) is 11.6 Å². The third kappa shape index (κ3) is 3.61. The average molecular weight is 287 g/mol. The van der Waals surface area contributed by atoms with E-state index in [1.54, 1.807) is 25.1 Å². The molecule has 0 saturated heterocycles. The predicted molar refractivity (Wildman–Crippen MR) is 84.4 cm³/mol. The van der Waals surface area contributed by atoms with E-state index in [2.05, 4.69) is 19.2 Å². The van der Waals surface area contributed by atoms with Crippen LogP contribution in [-0.2, 0) is 0 Å². The maximum absolute atomic E-state index is 14.1. The minimum atomic E-state index is -0.302. The van der Waals surface area contributed by atoms with Gasteiger partial charge in [0.1, 0.15) is 5.75 Å². The summed E-state index contributed by atoms with van der Waals surface area (Å²) in [6.45, 7) is 6.82. The number of rotatable bonds is 6. The first kappa shape index (κ1) is 15.5. The Morgan fingerprint density at radius 1 is 1.05 bits per heavy atom. The SMILES string of the molecule is CCNC(CC)c1ccccc1Oc1cccc(C)c1F. The first-order chi connectivity index (χ1) is 10.2. The smallest absolute Gasteiger partial charge is 0.168 e. The van der Waals surface area contributed by atoms with Crippen molar-refractivity contribution in [1.82, 2.24) is 5.32 Å². The Morgan fingerprint density at radius 2 is 1.76 bits per heavy atom. The molecule has 0 aliphatic rings. The van der Waals surface area contributed by atoms with Crippen LogP contribution in [0.1, 0.15) is 37.4 Å². The molecule has 1 unspecified atom stereocenters. The van der Waals surface area contributed by atoms with E-state index >= 15 is 0 Å². The van der Waals surface area contributed by atoms with Crippen molar-refractivity contribution in [3.05, 3.63) is 59.4 Å². The van der Waals surface area contributed by atoms with Gasteiger partial charge in [-0.15, -0.1) is 0 Å². The number of para-hydroxylation sites is 1. The Labute approximate surface area is 126 Å². The zero-order chi connectivity index (χ0) is 15.2. The fraction of sp³-hybridized carbons (Fsp3) is 0.333. The van der Waals surface area contributed by atoms with E-state index in [0.29, 0.717) is 11.3 Å². The van der Waals surface area contributed by atoms with Gasteiger partial charge in [-0.05, 0) is 37.6 Å². The van der Waals surface area contributed by atoms with Gasteiger partial charge < -0.3 is 10.1 Å². The van der Waals surface area contributed by atoms with Crippen molar-refractivity contribution in [3.63, 3.8) is 0 Å². The lowest BCUT2D eigenvalue weighted by Crippen LogP contribution is -2.20. The van der Waals surface area contributed by atoms with Gasteiger partial charge in [0.2, 0.25) is 0 Å². The summed E-state index contributed by atoms with van der Waals surface area (Å²) >= 11 is 0. The molecule has 0 amide bonds. The number of halogens is 1. The largest absolute Gasteiger partial charge is 0.454 e. The van der Waals surface area contributed by atoms with Crippen LogP contribution in [0.15, 0.2) is 42.5 Å². The van der Waals surface area contributed by atoms with E-state index in [1.807, 2.05) is 24.3 Å². The molecule has 2 nitrogen and oxygen atoms in total. The van der Waals surface area contributed by atoms with Crippen LogP contribution in [0.3, 0.4) is 0 Å².